The molecule has 4 nitrogen and oxygen atoms in total. The van der Waals surface area contributed by atoms with Crippen LogP contribution in [0.25, 0.3) is 10.9 Å². The first-order valence-corrected chi connectivity index (χ1v) is 9.42. The van der Waals surface area contributed by atoms with Crippen LogP contribution in [0.15, 0.2) is 39.9 Å². The Morgan fingerprint density at radius 2 is 2.00 bits per heavy atom. The lowest BCUT2D eigenvalue weighted by Gasteiger charge is -2.23. The van der Waals surface area contributed by atoms with E-state index >= 15 is 0 Å². The molecule has 0 fully saturated rings. The smallest absolute Gasteiger partial charge is 0.273 e. The zero-order chi connectivity index (χ0) is 15.9. The number of hydrogen-bond acceptors (Lipinski definition) is 3. The van der Waals surface area contributed by atoms with E-state index in [1.54, 1.807) is 17.5 Å². The van der Waals surface area contributed by atoms with Crippen molar-refractivity contribution in [2.75, 3.05) is 10.8 Å². The highest BCUT2D eigenvalue weighted by atomic mass is 32.2. The van der Waals surface area contributed by atoms with Crippen molar-refractivity contribution in [1.82, 2.24) is 4.98 Å². The maximum absolute atomic E-state index is 12.9. The van der Waals surface area contributed by atoms with Crippen molar-refractivity contribution in [3.05, 3.63) is 47.0 Å². The van der Waals surface area contributed by atoms with Gasteiger partial charge >= 0.3 is 0 Å². The summed E-state index contributed by atoms with van der Waals surface area (Å²) in [6.07, 6.45) is 0. The van der Waals surface area contributed by atoms with Crippen molar-refractivity contribution in [3.8, 4) is 0 Å². The SMILES string of the molecule is CCN(c1ccc(C)c2cc(C)[nH]c12)S(=O)(=O)c1cccs1. The molecular formula is C16H18N2O2S2. The number of fused-ring (bicyclic) bond motifs is 1. The van der Waals surface area contributed by atoms with Crippen molar-refractivity contribution in [2.45, 2.75) is 25.0 Å². The van der Waals surface area contributed by atoms with Gasteiger partial charge in [0.05, 0.1) is 11.2 Å². The second-order valence-electron chi connectivity index (χ2n) is 5.24. The number of H-pyrrole nitrogens is 1. The maximum atomic E-state index is 12.9. The third kappa shape index (κ3) is 2.32. The minimum atomic E-state index is -3.52. The van der Waals surface area contributed by atoms with E-state index in [1.165, 1.54) is 15.6 Å². The molecule has 0 aliphatic rings. The molecule has 3 rings (SSSR count). The largest absolute Gasteiger partial charge is 0.357 e. The monoisotopic (exact) mass is 334 g/mol. The topological polar surface area (TPSA) is 53.2 Å². The lowest BCUT2D eigenvalue weighted by Crippen LogP contribution is -2.30. The molecule has 0 spiro atoms. The van der Waals surface area contributed by atoms with Crippen molar-refractivity contribution >= 4 is 38.0 Å². The molecule has 1 N–H and O–H groups in total. The fraction of sp³-hybridized carbons (Fsp3) is 0.250. The number of rotatable bonds is 4. The Labute approximate surface area is 134 Å². The number of thiophene rings is 1. The van der Waals surface area contributed by atoms with E-state index < -0.39 is 10.0 Å². The summed E-state index contributed by atoms with van der Waals surface area (Å²) in [5.41, 5.74) is 3.73. The van der Waals surface area contributed by atoms with Gasteiger partial charge in [0.15, 0.2) is 0 Å². The molecule has 2 aromatic heterocycles. The number of aryl methyl sites for hydroxylation is 2. The summed E-state index contributed by atoms with van der Waals surface area (Å²) >= 11 is 1.24. The molecule has 0 aliphatic carbocycles. The second kappa shape index (κ2) is 5.44. The number of nitrogens with one attached hydrogen (secondary N) is 1. The maximum Gasteiger partial charge on any atom is 0.273 e. The standard InChI is InChI=1S/C16H18N2O2S2/c1-4-18(22(19,20)15-6-5-9-21-15)14-8-7-11(2)13-10-12(3)17-16(13)14/h5-10,17H,4H2,1-3H3. The van der Waals surface area contributed by atoms with Crippen LogP contribution in [0.4, 0.5) is 5.69 Å². The number of aromatic nitrogens is 1. The molecule has 0 amide bonds. The average Bonchev–Trinajstić information content (AvgIpc) is 3.11. The third-order valence-corrected chi connectivity index (χ3v) is 6.98. The normalized spacial score (nSPS) is 12.0. The van der Waals surface area contributed by atoms with E-state index in [1.807, 2.05) is 32.9 Å². The third-order valence-electron chi connectivity index (χ3n) is 3.72. The lowest BCUT2D eigenvalue weighted by atomic mass is 10.1. The van der Waals surface area contributed by atoms with Gasteiger partial charge in [-0.25, -0.2) is 8.42 Å². The summed E-state index contributed by atoms with van der Waals surface area (Å²) < 4.78 is 27.6. The van der Waals surface area contributed by atoms with E-state index in [4.69, 9.17) is 0 Å². The van der Waals surface area contributed by atoms with Crippen LogP contribution in [0.5, 0.6) is 0 Å². The highest BCUT2D eigenvalue weighted by molar-refractivity contribution is 7.94. The van der Waals surface area contributed by atoms with Crippen LogP contribution in [-0.4, -0.2) is 19.9 Å². The molecule has 116 valence electrons. The predicted molar refractivity (Wildman–Crippen MR) is 92.3 cm³/mol. The summed E-state index contributed by atoms with van der Waals surface area (Å²) in [5, 5.41) is 2.85. The fourth-order valence-corrected chi connectivity index (χ4v) is 5.27. The van der Waals surface area contributed by atoms with Gasteiger partial charge in [-0.1, -0.05) is 12.1 Å². The Balaban J connectivity index is 2.23. The lowest BCUT2D eigenvalue weighted by molar-refractivity contribution is 0.594. The molecule has 0 aliphatic heterocycles. The summed E-state index contributed by atoms with van der Waals surface area (Å²) in [5.74, 6) is 0. The molecule has 22 heavy (non-hydrogen) atoms. The van der Waals surface area contributed by atoms with E-state index in [0.717, 1.165) is 22.2 Å². The Hall–Kier alpha value is -1.79. The van der Waals surface area contributed by atoms with Gasteiger partial charge in [-0.3, -0.25) is 4.31 Å². The molecular weight excluding hydrogens is 316 g/mol. The van der Waals surface area contributed by atoms with Crippen molar-refractivity contribution < 1.29 is 8.42 Å². The summed E-state index contributed by atoms with van der Waals surface area (Å²) in [4.78, 5) is 3.30. The minimum Gasteiger partial charge on any atom is -0.357 e. The molecule has 0 radical (unpaired) electrons. The number of nitrogens with zero attached hydrogens (tertiary/aromatic N) is 1. The van der Waals surface area contributed by atoms with Crippen LogP contribution < -0.4 is 4.31 Å². The van der Waals surface area contributed by atoms with E-state index in [2.05, 4.69) is 11.1 Å². The first kappa shape index (κ1) is 15.1. The number of hydrogen-bond donors (Lipinski definition) is 1. The van der Waals surface area contributed by atoms with Gasteiger partial charge in [0.25, 0.3) is 10.0 Å². The predicted octanol–water partition coefficient (Wildman–Crippen LogP) is 4.06. The van der Waals surface area contributed by atoms with Crippen molar-refractivity contribution in [2.24, 2.45) is 0 Å². The first-order chi connectivity index (χ1) is 10.4. The number of aromatic amines is 1. The highest BCUT2D eigenvalue weighted by Gasteiger charge is 2.26. The number of anilines is 1. The highest BCUT2D eigenvalue weighted by Crippen LogP contribution is 2.33. The minimum absolute atomic E-state index is 0.367. The summed E-state index contributed by atoms with van der Waals surface area (Å²) in [6, 6.07) is 9.31. The van der Waals surface area contributed by atoms with Crippen LogP contribution >= 0.6 is 11.3 Å². The Morgan fingerprint density at radius 3 is 2.64 bits per heavy atom. The van der Waals surface area contributed by atoms with Gasteiger partial charge in [-0.2, -0.15) is 0 Å². The zero-order valence-corrected chi connectivity index (χ0v) is 14.4. The Kier molecular flexibility index (Phi) is 3.74. The molecule has 0 bridgehead atoms. The molecule has 3 aromatic rings. The van der Waals surface area contributed by atoms with Crippen LogP contribution in [0.2, 0.25) is 0 Å². The van der Waals surface area contributed by atoms with Crippen LogP contribution in [0, 0.1) is 13.8 Å². The summed E-state index contributed by atoms with van der Waals surface area (Å²) in [6.45, 7) is 6.25. The average molecular weight is 334 g/mol. The quantitative estimate of drug-likeness (QED) is 0.782. The van der Waals surface area contributed by atoms with Gasteiger partial charge in [-0.15, -0.1) is 11.3 Å². The molecule has 0 atom stereocenters. The Morgan fingerprint density at radius 1 is 1.23 bits per heavy atom. The van der Waals surface area contributed by atoms with E-state index in [9.17, 15) is 8.42 Å². The van der Waals surface area contributed by atoms with Gasteiger partial charge < -0.3 is 4.98 Å². The number of benzene rings is 1. The van der Waals surface area contributed by atoms with Gasteiger partial charge in [0, 0.05) is 17.6 Å². The number of sulfonamides is 1. The van der Waals surface area contributed by atoms with Crippen molar-refractivity contribution in [1.29, 1.82) is 0 Å². The Bertz CT molecular complexity index is 909. The molecule has 0 saturated carbocycles. The fourth-order valence-electron chi connectivity index (χ4n) is 2.68. The van der Waals surface area contributed by atoms with Gasteiger partial charge in [-0.05, 0) is 49.9 Å². The van der Waals surface area contributed by atoms with E-state index in [0.29, 0.717) is 16.4 Å². The van der Waals surface area contributed by atoms with Crippen LogP contribution in [0.1, 0.15) is 18.2 Å². The first-order valence-electron chi connectivity index (χ1n) is 7.10. The van der Waals surface area contributed by atoms with Gasteiger partial charge in [0.1, 0.15) is 4.21 Å². The van der Waals surface area contributed by atoms with Crippen LogP contribution in [-0.2, 0) is 10.0 Å². The summed E-state index contributed by atoms with van der Waals surface area (Å²) in [7, 11) is -3.52. The van der Waals surface area contributed by atoms with Crippen molar-refractivity contribution in [3.63, 3.8) is 0 Å². The molecule has 0 unspecified atom stereocenters. The molecule has 0 saturated heterocycles. The molecule has 6 heteroatoms. The van der Waals surface area contributed by atoms with E-state index in [-0.39, 0.29) is 0 Å². The molecule has 2 heterocycles. The second-order valence-corrected chi connectivity index (χ2v) is 8.28. The van der Waals surface area contributed by atoms with Gasteiger partial charge in [0.2, 0.25) is 0 Å². The molecule has 1 aromatic carbocycles. The van der Waals surface area contributed by atoms with Crippen LogP contribution in [0.3, 0.4) is 0 Å². The zero-order valence-electron chi connectivity index (χ0n) is 12.8.